The van der Waals surface area contributed by atoms with Gasteiger partial charge in [0.15, 0.2) is 23.3 Å². The van der Waals surface area contributed by atoms with Crippen LogP contribution in [-0.4, -0.2) is 0 Å². The minimum Gasteiger partial charge on any atom is -0.204 e. The Kier molecular flexibility index (Phi) is 3.13. The van der Waals surface area contributed by atoms with Gasteiger partial charge in [-0.2, -0.15) is 0 Å². The van der Waals surface area contributed by atoms with Gasteiger partial charge in [0, 0.05) is 18.1 Å². The van der Waals surface area contributed by atoms with Crippen LogP contribution in [0.5, 0.6) is 0 Å². The molecular formula is C13H8F4. The first-order valence-electron chi connectivity index (χ1n) is 4.95. The second-order valence-corrected chi connectivity index (χ2v) is 3.61. The van der Waals surface area contributed by atoms with Crippen molar-refractivity contribution < 1.29 is 17.6 Å². The maximum atomic E-state index is 13.3. The molecule has 0 aromatic heterocycles. The minimum absolute atomic E-state index is 0.187. The van der Waals surface area contributed by atoms with Crippen molar-refractivity contribution in [3.8, 4) is 0 Å². The van der Waals surface area contributed by atoms with Crippen molar-refractivity contribution in [1.82, 2.24) is 0 Å². The van der Waals surface area contributed by atoms with Crippen LogP contribution in [0.25, 0.3) is 0 Å². The van der Waals surface area contributed by atoms with Gasteiger partial charge in [-0.05, 0) is 5.56 Å². The summed E-state index contributed by atoms with van der Waals surface area (Å²) in [5.41, 5.74) is -0.0102. The number of benzene rings is 2. The van der Waals surface area contributed by atoms with Gasteiger partial charge < -0.3 is 0 Å². The normalized spacial score (nSPS) is 10.6. The molecule has 0 fully saturated rings. The Hall–Kier alpha value is -1.84. The molecule has 17 heavy (non-hydrogen) atoms. The van der Waals surface area contributed by atoms with Crippen molar-refractivity contribution in [3.05, 3.63) is 70.8 Å². The summed E-state index contributed by atoms with van der Waals surface area (Å²) >= 11 is 0. The standard InChI is InChI=1S/C13H8F4/c14-10-7-11(15)13(17)9(12(10)16)6-8-4-2-1-3-5-8/h1-5,7H,6H2. The van der Waals surface area contributed by atoms with E-state index in [-0.39, 0.29) is 12.5 Å². The summed E-state index contributed by atoms with van der Waals surface area (Å²) < 4.78 is 52.6. The third kappa shape index (κ3) is 2.30. The molecule has 2 rings (SSSR count). The number of hydrogen-bond acceptors (Lipinski definition) is 0. The fraction of sp³-hybridized carbons (Fsp3) is 0.0769. The van der Waals surface area contributed by atoms with E-state index in [9.17, 15) is 17.6 Å². The first kappa shape index (κ1) is 11.6. The Morgan fingerprint density at radius 3 is 1.82 bits per heavy atom. The van der Waals surface area contributed by atoms with E-state index in [2.05, 4.69) is 0 Å². The van der Waals surface area contributed by atoms with E-state index < -0.39 is 28.8 Å². The Bertz CT molecular complexity index is 509. The van der Waals surface area contributed by atoms with Crippen molar-refractivity contribution in [3.63, 3.8) is 0 Å². The van der Waals surface area contributed by atoms with Crippen LogP contribution < -0.4 is 0 Å². The zero-order valence-corrected chi connectivity index (χ0v) is 8.68. The average Bonchev–Trinajstić information content (AvgIpc) is 2.33. The van der Waals surface area contributed by atoms with E-state index in [0.717, 1.165) is 0 Å². The quantitative estimate of drug-likeness (QED) is 0.552. The maximum absolute atomic E-state index is 13.3. The lowest BCUT2D eigenvalue weighted by Crippen LogP contribution is -2.03. The van der Waals surface area contributed by atoms with E-state index >= 15 is 0 Å². The fourth-order valence-electron chi connectivity index (χ4n) is 1.58. The van der Waals surface area contributed by atoms with Crippen molar-refractivity contribution in [2.75, 3.05) is 0 Å². The lowest BCUT2D eigenvalue weighted by Gasteiger charge is -2.06. The molecule has 0 N–H and O–H groups in total. The molecule has 0 spiro atoms. The van der Waals surface area contributed by atoms with Gasteiger partial charge in [0.05, 0.1) is 0 Å². The first-order chi connectivity index (χ1) is 8.09. The highest BCUT2D eigenvalue weighted by atomic mass is 19.2. The number of hydrogen-bond donors (Lipinski definition) is 0. The molecule has 2 aromatic carbocycles. The van der Waals surface area contributed by atoms with Gasteiger partial charge in [-0.1, -0.05) is 30.3 Å². The van der Waals surface area contributed by atoms with Crippen molar-refractivity contribution in [2.24, 2.45) is 0 Å². The summed E-state index contributed by atoms with van der Waals surface area (Å²) in [6, 6.07) is 8.56. The maximum Gasteiger partial charge on any atom is 0.165 e. The smallest absolute Gasteiger partial charge is 0.165 e. The predicted octanol–water partition coefficient (Wildman–Crippen LogP) is 3.83. The highest BCUT2D eigenvalue weighted by Gasteiger charge is 2.18. The zero-order valence-electron chi connectivity index (χ0n) is 8.68. The average molecular weight is 240 g/mol. The lowest BCUT2D eigenvalue weighted by molar-refractivity contribution is 0.441. The second-order valence-electron chi connectivity index (χ2n) is 3.61. The monoisotopic (exact) mass is 240 g/mol. The van der Waals surface area contributed by atoms with Crippen molar-refractivity contribution >= 4 is 0 Å². The molecule has 0 unspecified atom stereocenters. The largest absolute Gasteiger partial charge is 0.204 e. The van der Waals surface area contributed by atoms with Crippen LogP contribution >= 0.6 is 0 Å². The SMILES string of the molecule is Fc1cc(F)c(F)c(Cc2ccccc2)c1F. The van der Waals surface area contributed by atoms with E-state index in [4.69, 9.17) is 0 Å². The molecular weight excluding hydrogens is 232 g/mol. The number of rotatable bonds is 2. The molecule has 0 atom stereocenters. The second kappa shape index (κ2) is 4.57. The van der Waals surface area contributed by atoms with E-state index in [1.54, 1.807) is 30.3 Å². The molecule has 0 aliphatic rings. The first-order valence-corrected chi connectivity index (χ1v) is 4.95. The minimum atomic E-state index is -1.38. The third-order valence-corrected chi connectivity index (χ3v) is 2.43. The molecule has 0 bridgehead atoms. The van der Waals surface area contributed by atoms with Crippen molar-refractivity contribution in [1.29, 1.82) is 0 Å². The Morgan fingerprint density at radius 2 is 1.29 bits per heavy atom. The molecule has 0 aliphatic heterocycles. The van der Waals surface area contributed by atoms with Crippen LogP contribution in [0.3, 0.4) is 0 Å². The third-order valence-electron chi connectivity index (χ3n) is 2.43. The van der Waals surface area contributed by atoms with Crippen LogP contribution in [0.15, 0.2) is 36.4 Å². The van der Waals surface area contributed by atoms with Crippen LogP contribution in [0.2, 0.25) is 0 Å². The van der Waals surface area contributed by atoms with E-state index in [1.165, 1.54) is 0 Å². The van der Waals surface area contributed by atoms with Gasteiger partial charge in [0.25, 0.3) is 0 Å². The predicted molar refractivity (Wildman–Crippen MR) is 55.5 cm³/mol. The van der Waals surface area contributed by atoms with Gasteiger partial charge in [-0.3, -0.25) is 0 Å². The molecule has 0 nitrogen and oxygen atoms in total. The van der Waals surface area contributed by atoms with Crippen LogP contribution in [0.4, 0.5) is 17.6 Å². The van der Waals surface area contributed by atoms with Gasteiger partial charge in [-0.25, -0.2) is 17.6 Å². The van der Waals surface area contributed by atoms with E-state index in [1.807, 2.05) is 0 Å². The summed E-state index contributed by atoms with van der Waals surface area (Å²) in [6.07, 6.45) is -0.187. The molecule has 0 heterocycles. The van der Waals surface area contributed by atoms with Gasteiger partial charge in [0.1, 0.15) is 0 Å². The molecule has 0 saturated heterocycles. The fourth-order valence-corrected chi connectivity index (χ4v) is 1.58. The molecule has 88 valence electrons. The highest BCUT2D eigenvalue weighted by molar-refractivity contribution is 5.29. The highest BCUT2D eigenvalue weighted by Crippen LogP contribution is 2.21. The molecule has 4 heteroatoms. The van der Waals surface area contributed by atoms with Crippen LogP contribution in [-0.2, 0) is 6.42 Å². The van der Waals surface area contributed by atoms with E-state index in [0.29, 0.717) is 5.56 Å². The van der Waals surface area contributed by atoms with Gasteiger partial charge in [0.2, 0.25) is 0 Å². The van der Waals surface area contributed by atoms with Gasteiger partial charge >= 0.3 is 0 Å². The molecule has 0 amide bonds. The van der Waals surface area contributed by atoms with Crippen molar-refractivity contribution in [2.45, 2.75) is 6.42 Å². The number of halogens is 4. The molecule has 0 saturated carbocycles. The zero-order chi connectivity index (χ0) is 12.4. The van der Waals surface area contributed by atoms with Gasteiger partial charge in [-0.15, -0.1) is 0 Å². The van der Waals surface area contributed by atoms with Crippen LogP contribution in [0, 0.1) is 23.3 Å². The molecule has 2 aromatic rings. The van der Waals surface area contributed by atoms with Crippen LogP contribution in [0.1, 0.15) is 11.1 Å². The lowest BCUT2D eigenvalue weighted by atomic mass is 10.0. The topological polar surface area (TPSA) is 0 Å². The summed E-state index contributed by atoms with van der Waals surface area (Å²) in [5, 5.41) is 0. The summed E-state index contributed by atoms with van der Waals surface area (Å²) in [6.45, 7) is 0. The molecule has 0 radical (unpaired) electrons. The Morgan fingerprint density at radius 1 is 0.765 bits per heavy atom. The summed E-state index contributed by atoms with van der Waals surface area (Å²) in [5.74, 6) is -5.44. The Labute approximate surface area is 95.5 Å². The molecule has 0 aliphatic carbocycles. The summed E-state index contributed by atoms with van der Waals surface area (Å²) in [7, 11) is 0. The summed E-state index contributed by atoms with van der Waals surface area (Å²) in [4.78, 5) is 0. The Balaban J connectivity index is 2.46.